The molecule has 1 heterocycles. The Hall–Kier alpha value is -2.56. The van der Waals surface area contributed by atoms with Gasteiger partial charge in [0.15, 0.2) is 0 Å². The summed E-state index contributed by atoms with van der Waals surface area (Å²) in [6, 6.07) is 12.3. The molecule has 1 atom stereocenters. The largest absolute Gasteiger partial charge is 0.426 e. The molecule has 0 aliphatic carbocycles. The van der Waals surface area contributed by atoms with Crippen molar-refractivity contribution in [3.05, 3.63) is 54.9 Å². The Balaban J connectivity index is 2.00. The van der Waals surface area contributed by atoms with Gasteiger partial charge in [-0.05, 0) is 30.7 Å². The first-order valence-electron chi connectivity index (χ1n) is 6.41. The van der Waals surface area contributed by atoms with Gasteiger partial charge in [-0.15, -0.1) is 0 Å². The van der Waals surface area contributed by atoms with Gasteiger partial charge in [-0.25, -0.2) is 0 Å². The number of ether oxygens (including phenoxy) is 1. The van der Waals surface area contributed by atoms with Crippen molar-refractivity contribution in [1.82, 2.24) is 4.68 Å². The molecule has 1 amide bonds. The predicted octanol–water partition coefficient (Wildman–Crippen LogP) is 2.19. The van der Waals surface area contributed by atoms with E-state index in [-0.39, 0.29) is 5.91 Å². The summed E-state index contributed by atoms with van der Waals surface area (Å²) in [6.45, 7) is 1.77. The number of para-hydroxylation sites is 1. The highest BCUT2D eigenvalue weighted by Crippen LogP contribution is 2.13. The van der Waals surface area contributed by atoms with E-state index in [2.05, 4.69) is 5.43 Å². The van der Waals surface area contributed by atoms with Gasteiger partial charge in [0.25, 0.3) is 5.91 Å². The number of carbonyl (C=O) groups excluding carboxylic acids is 2. The molecule has 0 bridgehead atoms. The van der Waals surface area contributed by atoms with Crippen molar-refractivity contribution in [1.29, 1.82) is 0 Å². The molecule has 1 aromatic carbocycles. The van der Waals surface area contributed by atoms with E-state index in [0.29, 0.717) is 12.2 Å². The second-order valence-corrected chi connectivity index (χ2v) is 4.26. The molecule has 2 aromatic rings. The van der Waals surface area contributed by atoms with Gasteiger partial charge < -0.3 is 4.74 Å². The smallest absolute Gasteiger partial charge is 0.323 e. The average molecular weight is 272 g/mol. The molecule has 0 fully saturated rings. The van der Waals surface area contributed by atoms with Gasteiger partial charge in [0.05, 0.1) is 0 Å². The number of carbonyl (C=O) groups is 2. The summed E-state index contributed by atoms with van der Waals surface area (Å²) < 4.78 is 6.70. The number of aromatic nitrogens is 1. The topological polar surface area (TPSA) is 60.3 Å². The van der Waals surface area contributed by atoms with Crippen molar-refractivity contribution in [2.75, 3.05) is 5.43 Å². The third-order valence-electron chi connectivity index (χ3n) is 2.81. The van der Waals surface area contributed by atoms with Crippen molar-refractivity contribution in [2.24, 2.45) is 5.92 Å². The molecular weight excluding hydrogens is 256 g/mol. The van der Waals surface area contributed by atoms with E-state index in [1.165, 1.54) is 4.68 Å². The molecule has 104 valence electrons. The van der Waals surface area contributed by atoms with Crippen LogP contribution in [-0.4, -0.2) is 16.6 Å². The quantitative estimate of drug-likeness (QED) is 0.515. The Kier molecular flexibility index (Phi) is 4.55. The van der Waals surface area contributed by atoms with Crippen molar-refractivity contribution >= 4 is 11.9 Å². The van der Waals surface area contributed by atoms with Crippen molar-refractivity contribution in [3.8, 4) is 5.75 Å². The number of benzene rings is 1. The molecule has 2 rings (SSSR count). The fraction of sp³-hybridized carbons (Fsp3) is 0.200. The molecule has 1 aromatic heterocycles. The van der Waals surface area contributed by atoms with Crippen LogP contribution in [0.15, 0.2) is 54.9 Å². The zero-order valence-electron chi connectivity index (χ0n) is 11.2. The SMILES string of the molecule is CCC(C(=O)Nn1cccc1)C(=O)Oc1ccccc1. The lowest BCUT2D eigenvalue weighted by molar-refractivity contribution is -0.143. The van der Waals surface area contributed by atoms with Gasteiger partial charge in [-0.1, -0.05) is 25.1 Å². The van der Waals surface area contributed by atoms with Crippen LogP contribution >= 0.6 is 0 Å². The molecule has 0 spiro atoms. The van der Waals surface area contributed by atoms with Gasteiger partial charge in [0.1, 0.15) is 11.7 Å². The second-order valence-electron chi connectivity index (χ2n) is 4.26. The number of hydrogen-bond acceptors (Lipinski definition) is 3. The number of amides is 1. The van der Waals surface area contributed by atoms with E-state index in [4.69, 9.17) is 4.74 Å². The summed E-state index contributed by atoms with van der Waals surface area (Å²) in [5.74, 6) is -1.34. The number of nitrogens with one attached hydrogen (secondary N) is 1. The number of rotatable bonds is 5. The Bertz CT molecular complexity index is 564. The molecular formula is C15H16N2O3. The van der Waals surface area contributed by atoms with E-state index in [0.717, 1.165) is 0 Å². The standard InChI is InChI=1S/C15H16N2O3/c1-2-13(14(18)16-17-10-6-7-11-17)15(19)20-12-8-4-3-5-9-12/h3-11,13H,2H2,1H3,(H,16,18). The minimum atomic E-state index is -0.836. The van der Waals surface area contributed by atoms with Gasteiger partial charge in [0, 0.05) is 12.4 Å². The van der Waals surface area contributed by atoms with E-state index in [1.807, 2.05) is 6.07 Å². The van der Waals surface area contributed by atoms with E-state index < -0.39 is 11.9 Å². The zero-order chi connectivity index (χ0) is 14.4. The molecule has 1 N–H and O–H groups in total. The Labute approximate surface area is 117 Å². The minimum Gasteiger partial charge on any atom is -0.426 e. The third-order valence-corrected chi connectivity index (χ3v) is 2.81. The molecule has 20 heavy (non-hydrogen) atoms. The number of nitrogens with zero attached hydrogens (tertiary/aromatic N) is 1. The van der Waals surface area contributed by atoms with Crippen LogP contribution in [0.2, 0.25) is 0 Å². The Morgan fingerprint density at radius 3 is 2.40 bits per heavy atom. The highest BCUT2D eigenvalue weighted by Gasteiger charge is 2.27. The van der Waals surface area contributed by atoms with E-state index >= 15 is 0 Å². The molecule has 0 saturated heterocycles. The van der Waals surface area contributed by atoms with Crippen LogP contribution in [0, 0.1) is 5.92 Å². The Morgan fingerprint density at radius 1 is 1.15 bits per heavy atom. The van der Waals surface area contributed by atoms with Crippen molar-refractivity contribution < 1.29 is 14.3 Å². The first-order valence-corrected chi connectivity index (χ1v) is 6.41. The van der Waals surface area contributed by atoms with Crippen LogP contribution in [0.5, 0.6) is 5.75 Å². The summed E-state index contributed by atoms with van der Waals surface area (Å²) >= 11 is 0. The first-order chi connectivity index (χ1) is 9.70. The molecule has 0 radical (unpaired) electrons. The number of hydrogen-bond donors (Lipinski definition) is 1. The highest BCUT2D eigenvalue weighted by atomic mass is 16.5. The van der Waals surface area contributed by atoms with E-state index in [9.17, 15) is 9.59 Å². The van der Waals surface area contributed by atoms with Crippen LogP contribution < -0.4 is 10.2 Å². The lowest BCUT2D eigenvalue weighted by Gasteiger charge is -2.14. The second kappa shape index (κ2) is 6.56. The van der Waals surface area contributed by atoms with Crippen LogP contribution in [0.1, 0.15) is 13.3 Å². The van der Waals surface area contributed by atoms with Crippen molar-refractivity contribution in [2.45, 2.75) is 13.3 Å². The minimum absolute atomic E-state index is 0.374. The van der Waals surface area contributed by atoms with Crippen LogP contribution in [0.4, 0.5) is 0 Å². The first kappa shape index (κ1) is 13.9. The highest BCUT2D eigenvalue weighted by molar-refractivity contribution is 6.02. The maximum absolute atomic E-state index is 12.0. The lowest BCUT2D eigenvalue weighted by atomic mass is 10.1. The summed E-state index contributed by atoms with van der Waals surface area (Å²) in [5, 5.41) is 0. The molecule has 0 aliphatic rings. The summed E-state index contributed by atoms with van der Waals surface area (Å²) in [5.41, 5.74) is 2.62. The maximum Gasteiger partial charge on any atom is 0.323 e. The molecule has 5 heteroatoms. The monoisotopic (exact) mass is 272 g/mol. The summed E-state index contributed by atoms with van der Waals surface area (Å²) in [6.07, 6.45) is 3.75. The lowest BCUT2D eigenvalue weighted by Crippen LogP contribution is -2.35. The summed E-state index contributed by atoms with van der Waals surface area (Å²) in [4.78, 5) is 24.1. The van der Waals surface area contributed by atoms with Crippen molar-refractivity contribution in [3.63, 3.8) is 0 Å². The summed E-state index contributed by atoms with van der Waals surface area (Å²) in [7, 11) is 0. The van der Waals surface area contributed by atoms with Gasteiger partial charge in [-0.2, -0.15) is 0 Å². The predicted molar refractivity (Wildman–Crippen MR) is 74.7 cm³/mol. The van der Waals surface area contributed by atoms with Gasteiger partial charge >= 0.3 is 5.97 Å². The average Bonchev–Trinajstić information content (AvgIpc) is 2.93. The fourth-order valence-corrected chi connectivity index (χ4v) is 1.75. The molecule has 1 unspecified atom stereocenters. The zero-order valence-corrected chi connectivity index (χ0v) is 11.2. The number of esters is 1. The Morgan fingerprint density at radius 2 is 1.80 bits per heavy atom. The van der Waals surface area contributed by atoms with Gasteiger partial charge in [-0.3, -0.25) is 19.7 Å². The fourth-order valence-electron chi connectivity index (χ4n) is 1.75. The van der Waals surface area contributed by atoms with Crippen LogP contribution in [0.3, 0.4) is 0 Å². The third kappa shape index (κ3) is 3.47. The normalized spacial score (nSPS) is 11.7. The molecule has 5 nitrogen and oxygen atoms in total. The maximum atomic E-state index is 12.0. The molecule has 0 aliphatic heterocycles. The van der Waals surface area contributed by atoms with E-state index in [1.54, 1.807) is 55.7 Å². The van der Waals surface area contributed by atoms with Crippen LogP contribution in [-0.2, 0) is 9.59 Å². The molecule has 0 saturated carbocycles. The van der Waals surface area contributed by atoms with Gasteiger partial charge in [0.2, 0.25) is 0 Å². The van der Waals surface area contributed by atoms with Crippen LogP contribution in [0.25, 0.3) is 0 Å².